The molecule has 3 rings (SSSR count). The van der Waals surface area contributed by atoms with Gasteiger partial charge >= 0.3 is 7.12 Å². The maximum absolute atomic E-state index is 6.07. The Balaban J connectivity index is 1.87. The normalized spacial score (nSPS) is 22.7. The fourth-order valence-corrected chi connectivity index (χ4v) is 2.35. The van der Waals surface area contributed by atoms with Crippen molar-refractivity contribution >= 4 is 18.4 Å². The van der Waals surface area contributed by atoms with Gasteiger partial charge in [0, 0.05) is 14.1 Å². The first-order valence-corrected chi connectivity index (χ1v) is 7.89. The Kier molecular flexibility index (Phi) is 3.65. The highest BCUT2D eigenvalue weighted by Crippen LogP contribution is 2.37. The van der Waals surface area contributed by atoms with Crippen LogP contribution in [0.4, 0.5) is 5.69 Å². The molecule has 1 saturated heterocycles. The van der Waals surface area contributed by atoms with Crippen molar-refractivity contribution in [3.05, 3.63) is 12.3 Å². The minimum atomic E-state index is -0.446. The number of ether oxygens (including phenoxy) is 1. The van der Waals surface area contributed by atoms with E-state index in [-0.39, 0.29) is 11.2 Å². The molecule has 1 aromatic heterocycles. The van der Waals surface area contributed by atoms with Gasteiger partial charge in [0.15, 0.2) is 5.75 Å². The molecule has 0 unspecified atom stereocenters. The van der Waals surface area contributed by atoms with Gasteiger partial charge in [-0.15, -0.1) is 0 Å². The monoisotopic (exact) mass is 304 g/mol. The van der Waals surface area contributed by atoms with E-state index in [1.807, 2.05) is 52.8 Å². The molecular formula is C16H25BN2O3. The number of aromatic nitrogens is 1. The molecular weight excluding hydrogens is 279 g/mol. The predicted molar refractivity (Wildman–Crippen MR) is 87.9 cm³/mol. The summed E-state index contributed by atoms with van der Waals surface area (Å²) in [7, 11) is 3.56. The summed E-state index contributed by atoms with van der Waals surface area (Å²) in [5.74, 6) is 0.827. The van der Waals surface area contributed by atoms with Crippen LogP contribution in [-0.2, 0) is 9.31 Å². The van der Waals surface area contributed by atoms with Crippen LogP contribution in [0.2, 0.25) is 0 Å². The van der Waals surface area contributed by atoms with Crippen molar-refractivity contribution in [1.29, 1.82) is 0 Å². The lowest BCUT2D eigenvalue weighted by Gasteiger charge is -2.32. The van der Waals surface area contributed by atoms with Crippen molar-refractivity contribution in [1.82, 2.24) is 4.98 Å². The summed E-state index contributed by atoms with van der Waals surface area (Å²) in [6.07, 6.45) is 4.40. The van der Waals surface area contributed by atoms with Crippen LogP contribution < -0.4 is 15.2 Å². The molecule has 1 saturated carbocycles. The average molecular weight is 304 g/mol. The summed E-state index contributed by atoms with van der Waals surface area (Å²) in [5.41, 5.74) is 1.07. The fraction of sp³-hybridized carbons (Fsp3) is 0.688. The fourth-order valence-electron chi connectivity index (χ4n) is 2.35. The summed E-state index contributed by atoms with van der Waals surface area (Å²) >= 11 is 0. The van der Waals surface area contributed by atoms with Gasteiger partial charge in [0.2, 0.25) is 0 Å². The summed E-state index contributed by atoms with van der Waals surface area (Å²) < 4.78 is 18.1. The first-order chi connectivity index (χ1) is 10.2. The van der Waals surface area contributed by atoms with Crippen molar-refractivity contribution in [3.63, 3.8) is 0 Å². The molecule has 0 amide bonds. The van der Waals surface area contributed by atoms with Gasteiger partial charge in [0.25, 0.3) is 0 Å². The Labute approximate surface area is 133 Å². The number of rotatable bonds is 4. The maximum Gasteiger partial charge on any atom is 0.514 e. The van der Waals surface area contributed by atoms with Gasteiger partial charge in [0.1, 0.15) is 0 Å². The topological polar surface area (TPSA) is 43.8 Å². The molecule has 22 heavy (non-hydrogen) atoms. The van der Waals surface area contributed by atoms with E-state index in [4.69, 9.17) is 14.0 Å². The van der Waals surface area contributed by atoms with Crippen LogP contribution in [0.3, 0.4) is 0 Å². The molecule has 0 bridgehead atoms. The molecule has 0 spiro atoms. The highest BCUT2D eigenvalue weighted by atomic mass is 16.7. The molecule has 0 atom stereocenters. The number of anilines is 1. The Morgan fingerprint density at radius 2 is 1.77 bits per heavy atom. The van der Waals surface area contributed by atoms with Gasteiger partial charge in [-0.2, -0.15) is 0 Å². The third-order valence-corrected chi connectivity index (χ3v) is 4.66. The van der Waals surface area contributed by atoms with Crippen LogP contribution in [0, 0.1) is 0 Å². The molecule has 5 nitrogen and oxygen atoms in total. The van der Waals surface area contributed by atoms with Crippen molar-refractivity contribution in [2.75, 3.05) is 19.0 Å². The highest BCUT2D eigenvalue weighted by molar-refractivity contribution is 6.61. The van der Waals surface area contributed by atoms with Crippen molar-refractivity contribution < 1.29 is 14.0 Å². The van der Waals surface area contributed by atoms with E-state index in [1.165, 1.54) is 0 Å². The Bertz CT molecular complexity index is 555. The molecule has 2 heterocycles. The second-order valence-corrected chi connectivity index (χ2v) is 7.38. The second-order valence-electron chi connectivity index (χ2n) is 7.38. The van der Waals surface area contributed by atoms with E-state index in [9.17, 15) is 0 Å². The van der Waals surface area contributed by atoms with E-state index in [0.29, 0.717) is 6.10 Å². The minimum absolute atomic E-state index is 0.350. The third kappa shape index (κ3) is 2.82. The Hall–Kier alpha value is -1.27. The van der Waals surface area contributed by atoms with Crippen molar-refractivity contribution in [2.24, 2.45) is 0 Å². The summed E-state index contributed by atoms with van der Waals surface area (Å²) in [6.45, 7) is 8.18. The molecule has 1 aliphatic carbocycles. The highest BCUT2D eigenvalue weighted by Gasteiger charge is 2.52. The lowest BCUT2D eigenvalue weighted by Crippen LogP contribution is -2.41. The zero-order valence-electron chi connectivity index (χ0n) is 14.3. The first-order valence-electron chi connectivity index (χ1n) is 7.89. The Morgan fingerprint density at radius 1 is 1.18 bits per heavy atom. The average Bonchev–Trinajstić information content (AvgIpc) is 3.17. The lowest BCUT2D eigenvalue weighted by molar-refractivity contribution is 0.00578. The molecule has 1 aromatic rings. The molecule has 0 radical (unpaired) electrons. The molecule has 0 aromatic carbocycles. The van der Waals surface area contributed by atoms with Crippen LogP contribution in [0.15, 0.2) is 12.3 Å². The van der Waals surface area contributed by atoms with Gasteiger partial charge < -0.3 is 18.9 Å². The summed E-state index contributed by atoms with van der Waals surface area (Å²) in [4.78, 5) is 6.55. The van der Waals surface area contributed by atoms with Crippen LogP contribution >= 0.6 is 0 Å². The van der Waals surface area contributed by atoms with Gasteiger partial charge in [-0.3, -0.25) is 4.98 Å². The van der Waals surface area contributed by atoms with E-state index in [2.05, 4.69) is 4.98 Å². The lowest BCUT2D eigenvalue weighted by atomic mass is 9.84. The van der Waals surface area contributed by atoms with Crippen LogP contribution in [0.25, 0.3) is 0 Å². The quantitative estimate of drug-likeness (QED) is 0.796. The summed E-state index contributed by atoms with van der Waals surface area (Å²) in [5, 5.41) is 0. The SMILES string of the molecule is CN(C)c1cc(B2OC(C)(C)C(C)(C)O2)ncc1OC1CC1. The maximum atomic E-state index is 6.07. The van der Waals surface area contributed by atoms with E-state index < -0.39 is 7.12 Å². The smallest absolute Gasteiger partial charge is 0.487 e. The number of hydrogen-bond acceptors (Lipinski definition) is 5. The van der Waals surface area contributed by atoms with Crippen LogP contribution in [0.1, 0.15) is 40.5 Å². The number of hydrogen-bond donors (Lipinski definition) is 0. The zero-order valence-corrected chi connectivity index (χ0v) is 14.3. The Morgan fingerprint density at radius 3 is 2.27 bits per heavy atom. The number of pyridine rings is 1. The van der Waals surface area contributed by atoms with Crippen molar-refractivity contribution in [2.45, 2.75) is 57.8 Å². The van der Waals surface area contributed by atoms with Gasteiger partial charge in [0.05, 0.1) is 34.8 Å². The largest absolute Gasteiger partial charge is 0.514 e. The summed E-state index contributed by atoms with van der Waals surface area (Å²) in [6, 6.07) is 2.00. The molecule has 0 N–H and O–H groups in total. The molecule has 2 aliphatic rings. The third-order valence-electron chi connectivity index (χ3n) is 4.66. The van der Waals surface area contributed by atoms with Crippen LogP contribution in [0.5, 0.6) is 5.75 Å². The minimum Gasteiger partial charge on any atom is -0.487 e. The van der Waals surface area contributed by atoms with Crippen molar-refractivity contribution in [3.8, 4) is 5.75 Å². The molecule has 120 valence electrons. The standard InChI is InChI=1S/C16H25BN2O3/c1-15(2)16(3,4)22-17(21-15)14-9-12(19(5)6)13(10-18-14)20-11-7-8-11/h9-11H,7-8H2,1-6H3. The van der Waals surface area contributed by atoms with E-state index in [0.717, 1.165) is 29.9 Å². The van der Waals surface area contributed by atoms with E-state index >= 15 is 0 Å². The number of nitrogens with zero attached hydrogens (tertiary/aromatic N) is 2. The molecule has 1 aliphatic heterocycles. The second kappa shape index (κ2) is 5.13. The van der Waals surface area contributed by atoms with Crippen LogP contribution in [-0.4, -0.2) is 43.5 Å². The van der Waals surface area contributed by atoms with Gasteiger partial charge in [-0.1, -0.05) is 0 Å². The van der Waals surface area contributed by atoms with E-state index in [1.54, 1.807) is 6.20 Å². The van der Waals surface area contributed by atoms with Gasteiger partial charge in [-0.25, -0.2) is 0 Å². The first kappa shape index (κ1) is 15.6. The zero-order chi connectivity index (χ0) is 16.1. The molecule has 6 heteroatoms. The predicted octanol–water partition coefficient (Wildman–Crippen LogP) is 1.99. The molecule has 2 fully saturated rings. The van der Waals surface area contributed by atoms with Gasteiger partial charge in [-0.05, 0) is 46.6 Å².